The Balaban J connectivity index is 1.92. The molecule has 5 nitrogen and oxygen atoms in total. The minimum absolute atomic E-state index is 0.0152. The second-order valence-electron chi connectivity index (χ2n) is 7.28. The van der Waals surface area contributed by atoms with Crippen molar-refractivity contribution in [1.82, 2.24) is 0 Å². The number of halogens is 1. The fourth-order valence-corrected chi connectivity index (χ4v) is 3.19. The van der Waals surface area contributed by atoms with Crippen LogP contribution in [0.1, 0.15) is 37.6 Å². The van der Waals surface area contributed by atoms with Crippen molar-refractivity contribution >= 4 is 34.8 Å². The highest BCUT2D eigenvalue weighted by molar-refractivity contribution is 6.31. The Bertz CT molecular complexity index is 879. The fraction of sp³-hybridized carbons (Fsp3) is 0.333. The molecule has 2 amide bonds. The molecule has 0 saturated heterocycles. The predicted molar refractivity (Wildman–Crippen MR) is 108 cm³/mol. The van der Waals surface area contributed by atoms with E-state index in [0.717, 1.165) is 6.42 Å². The van der Waals surface area contributed by atoms with Crippen molar-refractivity contribution < 1.29 is 14.3 Å². The van der Waals surface area contributed by atoms with Gasteiger partial charge in [0, 0.05) is 22.8 Å². The molecule has 6 heteroatoms. The lowest BCUT2D eigenvalue weighted by Gasteiger charge is -2.27. The zero-order valence-electron chi connectivity index (χ0n) is 15.7. The maximum atomic E-state index is 13.0. The molecule has 0 unspecified atom stereocenters. The molecule has 0 fully saturated rings. The Morgan fingerprint density at radius 3 is 2.74 bits per heavy atom. The number of hydrogen-bond donors (Lipinski definition) is 1. The summed E-state index contributed by atoms with van der Waals surface area (Å²) >= 11 is 5.96. The second kappa shape index (κ2) is 7.61. The van der Waals surface area contributed by atoms with E-state index in [2.05, 4.69) is 5.32 Å². The summed E-state index contributed by atoms with van der Waals surface area (Å²) in [5.74, 6) is 0.394. The van der Waals surface area contributed by atoms with Crippen LogP contribution < -0.4 is 15.0 Å². The number of amides is 2. The fourth-order valence-electron chi connectivity index (χ4n) is 3.00. The van der Waals surface area contributed by atoms with Crippen molar-refractivity contribution in [3.05, 3.63) is 53.1 Å². The van der Waals surface area contributed by atoms with E-state index in [4.69, 9.17) is 16.3 Å². The molecule has 0 spiro atoms. The Hall–Kier alpha value is -2.53. The molecule has 27 heavy (non-hydrogen) atoms. The van der Waals surface area contributed by atoms with E-state index < -0.39 is 5.41 Å². The summed E-state index contributed by atoms with van der Waals surface area (Å²) in [6.07, 6.45) is 0.820. The molecule has 0 atom stereocenters. The molecule has 2 aromatic carbocycles. The molecule has 3 rings (SSSR count). The van der Waals surface area contributed by atoms with Gasteiger partial charge in [-0.3, -0.25) is 9.59 Å². The molecule has 1 heterocycles. The number of benzene rings is 2. The van der Waals surface area contributed by atoms with Gasteiger partial charge in [-0.15, -0.1) is 0 Å². The minimum atomic E-state index is -0.613. The largest absolute Gasteiger partial charge is 0.490 e. The van der Waals surface area contributed by atoms with Gasteiger partial charge in [-0.1, -0.05) is 24.6 Å². The van der Waals surface area contributed by atoms with E-state index in [0.29, 0.717) is 40.9 Å². The number of ether oxygens (including phenoxy) is 1. The first-order chi connectivity index (χ1) is 12.8. The highest BCUT2D eigenvalue weighted by Crippen LogP contribution is 2.38. The Kier molecular flexibility index (Phi) is 5.42. The number of nitrogens with zero attached hydrogens (tertiary/aromatic N) is 1. The highest BCUT2D eigenvalue weighted by atomic mass is 35.5. The Morgan fingerprint density at radius 1 is 1.26 bits per heavy atom. The van der Waals surface area contributed by atoms with Crippen molar-refractivity contribution in [2.75, 3.05) is 23.4 Å². The molecule has 2 aromatic rings. The normalized spacial score (nSPS) is 15.6. The highest BCUT2D eigenvalue weighted by Gasteiger charge is 2.37. The molecule has 0 bridgehead atoms. The van der Waals surface area contributed by atoms with Crippen molar-refractivity contribution in [3.8, 4) is 5.75 Å². The van der Waals surface area contributed by atoms with Gasteiger partial charge < -0.3 is 15.0 Å². The molecule has 0 aromatic heterocycles. The van der Waals surface area contributed by atoms with Crippen LogP contribution in [0.3, 0.4) is 0 Å². The number of hydrogen-bond acceptors (Lipinski definition) is 3. The standard InChI is InChI=1S/C21H23ClN2O3/c1-4-10-24-17-12-16(23-19(25)14-6-5-7-15(22)11-14)8-9-18(17)27-13-21(2,3)20(24)26/h5-9,11-12H,4,10,13H2,1-3H3,(H,23,25). The van der Waals surface area contributed by atoms with Crippen molar-refractivity contribution in [2.45, 2.75) is 27.2 Å². The zero-order valence-corrected chi connectivity index (χ0v) is 16.5. The van der Waals surface area contributed by atoms with Gasteiger partial charge in [-0.25, -0.2) is 0 Å². The topological polar surface area (TPSA) is 58.6 Å². The maximum absolute atomic E-state index is 13.0. The summed E-state index contributed by atoms with van der Waals surface area (Å²) in [6.45, 7) is 6.69. The van der Waals surface area contributed by atoms with Gasteiger partial charge in [0.1, 0.15) is 12.4 Å². The summed E-state index contributed by atoms with van der Waals surface area (Å²) in [5.41, 5.74) is 1.13. The number of nitrogens with one attached hydrogen (secondary N) is 1. The van der Waals surface area contributed by atoms with Gasteiger partial charge in [0.2, 0.25) is 5.91 Å². The molecule has 1 aliphatic heterocycles. The van der Waals surface area contributed by atoms with Gasteiger partial charge in [0.15, 0.2) is 0 Å². The van der Waals surface area contributed by atoms with Gasteiger partial charge >= 0.3 is 0 Å². The maximum Gasteiger partial charge on any atom is 0.255 e. The molecule has 0 radical (unpaired) electrons. The van der Waals surface area contributed by atoms with E-state index in [-0.39, 0.29) is 11.8 Å². The monoisotopic (exact) mass is 386 g/mol. The van der Waals surface area contributed by atoms with Crippen molar-refractivity contribution in [1.29, 1.82) is 0 Å². The van der Waals surface area contributed by atoms with Gasteiger partial charge in [0.25, 0.3) is 5.91 Å². The lowest BCUT2D eigenvalue weighted by molar-refractivity contribution is -0.127. The third kappa shape index (κ3) is 4.08. The predicted octanol–water partition coefficient (Wildman–Crippen LogP) is 4.75. The summed E-state index contributed by atoms with van der Waals surface area (Å²) in [5, 5.41) is 3.36. The van der Waals surface area contributed by atoms with E-state index in [1.165, 1.54) is 0 Å². The summed E-state index contributed by atoms with van der Waals surface area (Å²) in [4.78, 5) is 27.2. The van der Waals surface area contributed by atoms with E-state index >= 15 is 0 Å². The molecular weight excluding hydrogens is 364 g/mol. The van der Waals surface area contributed by atoms with Gasteiger partial charge in [-0.2, -0.15) is 0 Å². The molecule has 0 saturated carbocycles. The van der Waals surface area contributed by atoms with E-state index in [1.807, 2.05) is 20.8 Å². The zero-order chi connectivity index (χ0) is 19.6. The molecular formula is C21H23ClN2O3. The van der Waals surface area contributed by atoms with Crippen molar-refractivity contribution in [2.24, 2.45) is 5.41 Å². The lowest BCUT2D eigenvalue weighted by atomic mass is 9.93. The molecule has 0 aliphatic carbocycles. The quantitative estimate of drug-likeness (QED) is 0.824. The first-order valence-electron chi connectivity index (χ1n) is 8.97. The van der Waals surface area contributed by atoms with Crippen LogP contribution in [0.25, 0.3) is 0 Å². The van der Waals surface area contributed by atoms with Crippen molar-refractivity contribution in [3.63, 3.8) is 0 Å². The van der Waals surface area contributed by atoms with Crippen LogP contribution in [0, 0.1) is 5.41 Å². The average molecular weight is 387 g/mol. The molecule has 1 N–H and O–H groups in total. The third-order valence-electron chi connectivity index (χ3n) is 4.45. The Labute approximate surface area is 164 Å². The number of carbonyl (C=O) groups is 2. The van der Waals surface area contributed by atoms with Crippen LogP contribution in [0.4, 0.5) is 11.4 Å². The minimum Gasteiger partial charge on any atom is -0.490 e. The SMILES string of the molecule is CCCN1C(=O)C(C)(C)COc2ccc(NC(=O)c3cccc(Cl)c3)cc21. The first-order valence-corrected chi connectivity index (χ1v) is 9.35. The van der Waals surface area contributed by atoms with Crippen LogP contribution in [0.2, 0.25) is 5.02 Å². The van der Waals surface area contributed by atoms with Crippen LogP contribution in [-0.4, -0.2) is 25.0 Å². The number of rotatable bonds is 4. The van der Waals surface area contributed by atoms with E-state index in [1.54, 1.807) is 47.4 Å². The smallest absolute Gasteiger partial charge is 0.255 e. The third-order valence-corrected chi connectivity index (χ3v) is 4.69. The van der Waals surface area contributed by atoms with E-state index in [9.17, 15) is 9.59 Å². The average Bonchev–Trinajstić information content (AvgIpc) is 2.72. The Morgan fingerprint density at radius 2 is 2.04 bits per heavy atom. The van der Waals surface area contributed by atoms with Crippen LogP contribution in [0.15, 0.2) is 42.5 Å². The summed E-state index contributed by atoms with van der Waals surface area (Å²) in [6, 6.07) is 12.1. The molecule has 1 aliphatic rings. The lowest BCUT2D eigenvalue weighted by Crippen LogP contribution is -2.42. The van der Waals surface area contributed by atoms with Gasteiger partial charge in [0.05, 0.1) is 11.1 Å². The van der Waals surface area contributed by atoms with Crippen LogP contribution in [-0.2, 0) is 4.79 Å². The van der Waals surface area contributed by atoms with Crippen LogP contribution >= 0.6 is 11.6 Å². The number of carbonyl (C=O) groups excluding carboxylic acids is 2. The summed E-state index contributed by atoms with van der Waals surface area (Å²) < 4.78 is 5.88. The number of fused-ring (bicyclic) bond motifs is 1. The van der Waals surface area contributed by atoms with Gasteiger partial charge in [-0.05, 0) is 56.7 Å². The first kappa shape index (κ1) is 19.2. The molecule has 142 valence electrons. The number of anilines is 2. The van der Waals surface area contributed by atoms with Crippen LogP contribution in [0.5, 0.6) is 5.75 Å². The summed E-state index contributed by atoms with van der Waals surface area (Å²) in [7, 11) is 0. The second-order valence-corrected chi connectivity index (χ2v) is 7.71.